The predicted molar refractivity (Wildman–Crippen MR) is 73.7 cm³/mol. The Hall–Kier alpha value is -2.08. The predicted octanol–water partition coefficient (Wildman–Crippen LogP) is 4.45. The Bertz CT molecular complexity index is 616. The molecule has 82 valence electrons. The molecule has 0 saturated heterocycles. The van der Waals surface area contributed by atoms with Crippen LogP contribution in [0.1, 0.15) is 22.3 Å². The van der Waals surface area contributed by atoms with Crippen LogP contribution >= 0.6 is 0 Å². The van der Waals surface area contributed by atoms with Gasteiger partial charge in [-0.2, -0.15) is 0 Å². The van der Waals surface area contributed by atoms with Gasteiger partial charge in [0, 0.05) is 0 Å². The van der Waals surface area contributed by atoms with Crippen molar-refractivity contribution in [2.24, 2.45) is 0 Å². The van der Waals surface area contributed by atoms with Crippen LogP contribution < -0.4 is 0 Å². The fraction of sp³-hybridized carbons (Fsp3) is 0.0588. The lowest BCUT2D eigenvalue weighted by Crippen LogP contribution is -1.89. The zero-order chi connectivity index (χ0) is 11.8. The number of fused-ring (bicyclic) bond motifs is 1. The topological polar surface area (TPSA) is 0 Å². The van der Waals surface area contributed by atoms with Gasteiger partial charge in [0.25, 0.3) is 0 Å². The van der Waals surface area contributed by atoms with E-state index in [1.807, 2.05) is 6.07 Å². The van der Waals surface area contributed by atoms with Gasteiger partial charge >= 0.3 is 0 Å². The number of allylic oxidation sites excluding steroid dienone is 2. The molecule has 0 atom stereocenters. The molecular formula is C17H14. The molecule has 0 heterocycles. The third-order valence-corrected chi connectivity index (χ3v) is 3.29. The smallest absolute Gasteiger partial charge is 0.00816 e. The van der Waals surface area contributed by atoms with E-state index in [4.69, 9.17) is 0 Å². The van der Waals surface area contributed by atoms with Crippen LogP contribution in [0.3, 0.4) is 0 Å². The summed E-state index contributed by atoms with van der Waals surface area (Å²) in [5.41, 5.74) is 7.58. The van der Waals surface area contributed by atoms with E-state index in [1.54, 1.807) is 0 Å². The van der Waals surface area contributed by atoms with Gasteiger partial charge in [0.2, 0.25) is 0 Å². The van der Waals surface area contributed by atoms with Crippen molar-refractivity contribution in [3.05, 3.63) is 83.4 Å². The minimum atomic E-state index is 1.12. The number of rotatable bonds is 1. The molecule has 1 aliphatic rings. The highest BCUT2D eigenvalue weighted by Gasteiger charge is 2.19. The molecule has 0 nitrogen and oxygen atoms in total. The average Bonchev–Trinajstić information content (AvgIpc) is 2.69. The second-order valence-corrected chi connectivity index (χ2v) is 4.45. The Morgan fingerprint density at radius 3 is 2.41 bits per heavy atom. The first-order valence-electron chi connectivity index (χ1n) is 5.84. The zero-order valence-electron chi connectivity index (χ0n) is 9.90. The summed E-state index contributed by atoms with van der Waals surface area (Å²) in [6.45, 7) is 6.30. The first kappa shape index (κ1) is 10.1. The summed E-state index contributed by atoms with van der Waals surface area (Å²) < 4.78 is 0. The molecule has 0 unspecified atom stereocenters. The van der Waals surface area contributed by atoms with Gasteiger partial charge in [-0.05, 0) is 46.4 Å². The third-order valence-electron chi connectivity index (χ3n) is 3.29. The molecule has 0 amide bonds. The summed E-state index contributed by atoms with van der Waals surface area (Å²) in [7, 11) is 0. The maximum atomic E-state index is 4.16. The fourth-order valence-electron chi connectivity index (χ4n) is 2.50. The summed E-state index contributed by atoms with van der Waals surface area (Å²) in [4.78, 5) is 0. The van der Waals surface area contributed by atoms with Crippen LogP contribution in [-0.4, -0.2) is 0 Å². The summed E-state index contributed by atoms with van der Waals surface area (Å²) in [5, 5.41) is 0. The van der Waals surface area contributed by atoms with Crippen LogP contribution in [0.4, 0.5) is 0 Å². The molecule has 3 rings (SSSR count). The number of hydrogen-bond acceptors (Lipinski definition) is 0. The van der Waals surface area contributed by atoms with E-state index < -0.39 is 0 Å². The van der Waals surface area contributed by atoms with Crippen molar-refractivity contribution < 1.29 is 0 Å². The largest absolute Gasteiger partial charge is 0.0911 e. The van der Waals surface area contributed by atoms with E-state index >= 15 is 0 Å². The van der Waals surface area contributed by atoms with Crippen molar-refractivity contribution in [3.8, 4) is 0 Å². The molecule has 2 aromatic carbocycles. The van der Waals surface area contributed by atoms with Crippen LogP contribution in [0.5, 0.6) is 0 Å². The molecule has 0 bridgehead atoms. The van der Waals surface area contributed by atoms with Gasteiger partial charge < -0.3 is 0 Å². The van der Waals surface area contributed by atoms with Crippen LogP contribution in [-0.2, 0) is 0 Å². The highest BCUT2D eigenvalue weighted by molar-refractivity contribution is 6.00. The third kappa shape index (κ3) is 1.53. The molecular weight excluding hydrogens is 204 g/mol. The Morgan fingerprint density at radius 2 is 1.65 bits per heavy atom. The van der Waals surface area contributed by atoms with Crippen molar-refractivity contribution in [2.75, 3.05) is 0 Å². The second-order valence-electron chi connectivity index (χ2n) is 4.45. The Morgan fingerprint density at radius 1 is 0.882 bits per heavy atom. The Kier molecular flexibility index (Phi) is 2.22. The molecule has 0 spiro atoms. The maximum absolute atomic E-state index is 4.16. The van der Waals surface area contributed by atoms with Gasteiger partial charge in [0.15, 0.2) is 0 Å². The normalized spacial score (nSPS) is 13.5. The zero-order valence-corrected chi connectivity index (χ0v) is 9.90. The molecule has 0 fully saturated rings. The Balaban J connectivity index is 2.22. The van der Waals surface area contributed by atoms with E-state index in [2.05, 4.69) is 62.0 Å². The van der Waals surface area contributed by atoms with Gasteiger partial charge in [-0.15, -0.1) is 0 Å². The molecule has 2 aromatic rings. The lowest BCUT2D eigenvalue weighted by atomic mass is 9.96. The molecule has 0 aromatic heterocycles. The number of benzene rings is 2. The monoisotopic (exact) mass is 218 g/mol. The van der Waals surface area contributed by atoms with Crippen molar-refractivity contribution >= 4 is 11.1 Å². The number of hydrogen-bond donors (Lipinski definition) is 0. The minimum absolute atomic E-state index is 1.12. The van der Waals surface area contributed by atoms with E-state index in [0.717, 1.165) is 5.57 Å². The highest BCUT2D eigenvalue weighted by atomic mass is 14.2. The lowest BCUT2D eigenvalue weighted by Gasteiger charge is -2.07. The van der Waals surface area contributed by atoms with E-state index in [0.29, 0.717) is 0 Å². The quantitative estimate of drug-likeness (QED) is 0.663. The standard InChI is InChI=1S/C17H14/c1-12-7-6-10-15-16(11-13(2)17(12)15)14-8-4-3-5-9-14/h3-11H,2H2,1H3. The SMILES string of the molecule is C=C1C=C(c2ccccc2)c2cccc(C)c21. The van der Waals surface area contributed by atoms with Crippen LogP contribution in [0.25, 0.3) is 11.1 Å². The molecule has 0 saturated carbocycles. The van der Waals surface area contributed by atoms with E-state index in [9.17, 15) is 0 Å². The molecule has 0 aliphatic heterocycles. The van der Waals surface area contributed by atoms with Gasteiger partial charge in [0.1, 0.15) is 0 Å². The maximum Gasteiger partial charge on any atom is -0.00816 e. The molecule has 17 heavy (non-hydrogen) atoms. The van der Waals surface area contributed by atoms with Gasteiger partial charge in [-0.1, -0.05) is 55.1 Å². The molecule has 0 radical (unpaired) electrons. The molecule has 0 N–H and O–H groups in total. The van der Waals surface area contributed by atoms with Gasteiger partial charge in [-0.3, -0.25) is 0 Å². The summed E-state index contributed by atoms with van der Waals surface area (Å²) >= 11 is 0. The van der Waals surface area contributed by atoms with Crippen LogP contribution in [0, 0.1) is 6.92 Å². The number of aryl methyl sites for hydroxylation is 1. The van der Waals surface area contributed by atoms with Crippen molar-refractivity contribution in [3.63, 3.8) is 0 Å². The summed E-state index contributed by atoms with van der Waals surface area (Å²) in [6.07, 6.45) is 2.19. The van der Waals surface area contributed by atoms with E-state index in [-0.39, 0.29) is 0 Å². The first-order chi connectivity index (χ1) is 8.27. The van der Waals surface area contributed by atoms with E-state index in [1.165, 1.54) is 27.8 Å². The lowest BCUT2D eigenvalue weighted by molar-refractivity contribution is 1.42. The fourth-order valence-corrected chi connectivity index (χ4v) is 2.50. The van der Waals surface area contributed by atoms with Gasteiger partial charge in [-0.25, -0.2) is 0 Å². The minimum Gasteiger partial charge on any atom is -0.0911 e. The molecule has 1 aliphatic carbocycles. The Labute approximate surface area is 102 Å². The second kappa shape index (κ2) is 3.74. The summed E-state index contributed by atoms with van der Waals surface area (Å²) in [6, 6.07) is 16.9. The van der Waals surface area contributed by atoms with Crippen molar-refractivity contribution in [1.82, 2.24) is 0 Å². The highest BCUT2D eigenvalue weighted by Crippen LogP contribution is 2.39. The van der Waals surface area contributed by atoms with Crippen molar-refractivity contribution in [2.45, 2.75) is 6.92 Å². The van der Waals surface area contributed by atoms with Crippen LogP contribution in [0.2, 0.25) is 0 Å². The average molecular weight is 218 g/mol. The summed E-state index contributed by atoms with van der Waals surface area (Å²) in [5.74, 6) is 0. The first-order valence-corrected chi connectivity index (χ1v) is 5.84. The molecule has 0 heteroatoms. The van der Waals surface area contributed by atoms with Gasteiger partial charge in [0.05, 0.1) is 0 Å². The van der Waals surface area contributed by atoms with Crippen molar-refractivity contribution in [1.29, 1.82) is 0 Å². The van der Waals surface area contributed by atoms with Crippen LogP contribution in [0.15, 0.2) is 61.2 Å².